The third kappa shape index (κ3) is 3.12. The van der Waals surface area contributed by atoms with Gasteiger partial charge in [-0.1, -0.05) is 6.07 Å². The molecule has 0 unspecified atom stereocenters. The summed E-state index contributed by atoms with van der Waals surface area (Å²) in [5.41, 5.74) is 2.81. The van der Waals surface area contributed by atoms with Gasteiger partial charge in [-0.2, -0.15) is 0 Å². The molecule has 0 atom stereocenters. The number of likely N-dealkylation sites (N-methyl/N-ethyl adjacent to an activating group) is 1. The maximum atomic E-state index is 12.2. The summed E-state index contributed by atoms with van der Waals surface area (Å²) in [7, 11) is 1.29. The van der Waals surface area contributed by atoms with Crippen LogP contribution in [-0.2, 0) is 9.59 Å². The number of imide groups is 2. The summed E-state index contributed by atoms with van der Waals surface area (Å²) < 4.78 is 1.83. The van der Waals surface area contributed by atoms with E-state index in [9.17, 15) is 24.3 Å². The minimum absolute atomic E-state index is 0.142. The molecule has 2 aromatic rings. The number of benzene rings is 1. The summed E-state index contributed by atoms with van der Waals surface area (Å²) in [5.74, 6) is -2.46. The molecule has 2 heterocycles. The quantitative estimate of drug-likeness (QED) is 0.636. The molecule has 3 rings (SSSR count). The van der Waals surface area contributed by atoms with Gasteiger partial charge in [0.25, 0.3) is 11.8 Å². The van der Waals surface area contributed by atoms with Crippen LogP contribution in [0.5, 0.6) is 0 Å². The van der Waals surface area contributed by atoms with Crippen molar-refractivity contribution in [2.75, 3.05) is 7.05 Å². The third-order valence-corrected chi connectivity index (χ3v) is 4.43. The zero-order valence-electron chi connectivity index (χ0n) is 14.9. The highest BCUT2D eigenvalue weighted by atomic mass is 16.4. The average molecular weight is 367 g/mol. The number of barbiturate groups is 1. The molecule has 0 bridgehead atoms. The van der Waals surface area contributed by atoms with Crippen LogP contribution in [0, 0.1) is 13.8 Å². The number of amides is 4. The first-order valence-electron chi connectivity index (χ1n) is 8.08. The van der Waals surface area contributed by atoms with Crippen molar-refractivity contribution in [1.82, 2.24) is 14.8 Å². The zero-order valence-corrected chi connectivity index (χ0v) is 14.9. The maximum absolute atomic E-state index is 12.2. The highest BCUT2D eigenvalue weighted by molar-refractivity contribution is 6.30. The molecule has 1 aliphatic rings. The highest BCUT2D eigenvalue weighted by Gasteiger charge is 2.33. The van der Waals surface area contributed by atoms with Gasteiger partial charge in [-0.05, 0) is 49.8 Å². The maximum Gasteiger partial charge on any atom is 0.335 e. The number of aromatic carboxylic acids is 1. The van der Waals surface area contributed by atoms with Crippen LogP contribution in [0.3, 0.4) is 0 Å². The minimum atomic E-state index is -1.03. The average Bonchev–Trinajstić information content (AvgIpc) is 2.90. The van der Waals surface area contributed by atoms with Crippen LogP contribution in [0.1, 0.15) is 27.3 Å². The van der Waals surface area contributed by atoms with Crippen LogP contribution in [-0.4, -0.2) is 45.4 Å². The van der Waals surface area contributed by atoms with E-state index >= 15 is 0 Å². The second kappa shape index (κ2) is 6.56. The number of aromatic nitrogens is 1. The van der Waals surface area contributed by atoms with Gasteiger partial charge < -0.3 is 9.67 Å². The smallest absolute Gasteiger partial charge is 0.335 e. The predicted molar refractivity (Wildman–Crippen MR) is 96.5 cm³/mol. The number of nitrogens with one attached hydrogen (secondary N) is 1. The SMILES string of the molecule is Cc1cc(/C=C2\C(=O)NC(=O)N(C)C2=O)c(C)n1-c1cccc(C(=O)O)c1. The van der Waals surface area contributed by atoms with Crippen LogP contribution in [0.25, 0.3) is 11.8 Å². The van der Waals surface area contributed by atoms with Crippen molar-refractivity contribution < 1.29 is 24.3 Å². The van der Waals surface area contributed by atoms with E-state index in [1.54, 1.807) is 31.2 Å². The molecule has 1 aliphatic heterocycles. The van der Waals surface area contributed by atoms with E-state index in [4.69, 9.17) is 0 Å². The second-order valence-electron chi connectivity index (χ2n) is 6.20. The van der Waals surface area contributed by atoms with Gasteiger partial charge in [0.05, 0.1) is 5.56 Å². The number of carboxylic acid groups (broad SMARTS) is 1. The molecule has 1 saturated heterocycles. The first-order valence-corrected chi connectivity index (χ1v) is 8.08. The first-order chi connectivity index (χ1) is 12.7. The monoisotopic (exact) mass is 367 g/mol. The normalized spacial score (nSPS) is 16.0. The number of urea groups is 1. The molecule has 8 nitrogen and oxygen atoms in total. The molecule has 1 aromatic heterocycles. The van der Waals surface area contributed by atoms with E-state index in [0.29, 0.717) is 11.3 Å². The Morgan fingerprint density at radius 2 is 1.85 bits per heavy atom. The summed E-state index contributed by atoms with van der Waals surface area (Å²) in [6.45, 7) is 3.63. The fourth-order valence-electron chi connectivity index (χ4n) is 3.01. The number of rotatable bonds is 3. The molecule has 4 amide bonds. The molecule has 1 aromatic carbocycles. The van der Waals surface area contributed by atoms with Gasteiger partial charge in [-0.25, -0.2) is 9.59 Å². The molecular formula is C19H17N3O5. The summed E-state index contributed by atoms with van der Waals surface area (Å²) in [6, 6.07) is 7.48. The number of nitrogens with zero attached hydrogens (tertiary/aromatic N) is 2. The molecule has 1 fully saturated rings. The number of carbonyl (C=O) groups is 4. The van der Waals surface area contributed by atoms with Gasteiger partial charge in [0.1, 0.15) is 5.57 Å². The van der Waals surface area contributed by atoms with Crippen LogP contribution in [0.4, 0.5) is 4.79 Å². The Balaban J connectivity index is 2.08. The third-order valence-electron chi connectivity index (χ3n) is 4.43. The standard InChI is InChI=1S/C19H17N3O5/c1-10-7-13(9-15-16(23)20-19(27)21(3)17(15)24)11(2)22(10)14-6-4-5-12(8-14)18(25)26/h4-9H,1-3H3,(H,25,26)(H,20,23,27)/b15-9+. The van der Waals surface area contributed by atoms with E-state index in [0.717, 1.165) is 16.3 Å². The van der Waals surface area contributed by atoms with Crippen LogP contribution < -0.4 is 5.32 Å². The van der Waals surface area contributed by atoms with Gasteiger partial charge >= 0.3 is 12.0 Å². The van der Waals surface area contributed by atoms with Gasteiger partial charge in [-0.15, -0.1) is 0 Å². The van der Waals surface area contributed by atoms with Crippen molar-refractivity contribution in [3.63, 3.8) is 0 Å². The Labute approximate surface area is 154 Å². The first kappa shape index (κ1) is 18.1. The fraction of sp³-hybridized carbons (Fsp3) is 0.158. The molecule has 0 spiro atoms. The van der Waals surface area contributed by atoms with Crippen LogP contribution >= 0.6 is 0 Å². The molecule has 0 aliphatic carbocycles. The van der Waals surface area contributed by atoms with E-state index in [1.807, 2.05) is 11.5 Å². The zero-order chi connectivity index (χ0) is 19.9. The Hall–Kier alpha value is -3.68. The highest BCUT2D eigenvalue weighted by Crippen LogP contribution is 2.24. The summed E-state index contributed by atoms with van der Waals surface area (Å²) in [4.78, 5) is 47.8. The summed E-state index contributed by atoms with van der Waals surface area (Å²) >= 11 is 0. The Kier molecular flexibility index (Phi) is 4.40. The van der Waals surface area contributed by atoms with Crippen molar-refractivity contribution in [3.8, 4) is 5.69 Å². The number of hydrogen-bond donors (Lipinski definition) is 2. The lowest BCUT2D eigenvalue weighted by molar-refractivity contribution is -0.129. The van der Waals surface area contributed by atoms with Crippen molar-refractivity contribution in [2.45, 2.75) is 13.8 Å². The number of aryl methyl sites for hydroxylation is 1. The molecule has 138 valence electrons. The molecular weight excluding hydrogens is 350 g/mol. The van der Waals surface area contributed by atoms with Gasteiger partial charge in [0.15, 0.2) is 0 Å². The van der Waals surface area contributed by atoms with E-state index in [2.05, 4.69) is 5.32 Å². The Morgan fingerprint density at radius 3 is 2.52 bits per heavy atom. The predicted octanol–water partition coefficient (Wildman–Crippen LogP) is 1.88. The van der Waals surface area contributed by atoms with Crippen molar-refractivity contribution >= 4 is 29.9 Å². The number of hydrogen-bond acceptors (Lipinski definition) is 4. The molecule has 27 heavy (non-hydrogen) atoms. The van der Waals surface area contributed by atoms with Gasteiger partial charge in [-0.3, -0.25) is 19.8 Å². The lowest BCUT2D eigenvalue weighted by Crippen LogP contribution is -2.52. The summed E-state index contributed by atoms with van der Waals surface area (Å²) in [5, 5.41) is 11.3. The Morgan fingerprint density at radius 1 is 1.15 bits per heavy atom. The molecule has 2 N–H and O–H groups in total. The van der Waals surface area contributed by atoms with Crippen molar-refractivity contribution in [1.29, 1.82) is 0 Å². The fourth-order valence-corrected chi connectivity index (χ4v) is 3.01. The number of carbonyl (C=O) groups excluding carboxylic acids is 3. The van der Waals surface area contributed by atoms with Crippen LogP contribution in [0.2, 0.25) is 0 Å². The minimum Gasteiger partial charge on any atom is -0.478 e. The van der Waals surface area contributed by atoms with Gasteiger partial charge in [0, 0.05) is 24.1 Å². The summed E-state index contributed by atoms with van der Waals surface area (Å²) in [6.07, 6.45) is 1.43. The van der Waals surface area contributed by atoms with E-state index < -0.39 is 23.8 Å². The Bertz CT molecular complexity index is 1030. The topological polar surface area (TPSA) is 109 Å². The lowest BCUT2D eigenvalue weighted by Gasteiger charge is -2.22. The second-order valence-corrected chi connectivity index (χ2v) is 6.20. The number of carboxylic acids is 1. The van der Waals surface area contributed by atoms with E-state index in [-0.39, 0.29) is 11.1 Å². The molecule has 0 saturated carbocycles. The van der Waals surface area contributed by atoms with E-state index in [1.165, 1.54) is 19.2 Å². The van der Waals surface area contributed by atoms with Crippen molar-refractivity contribution in [2.24, 2.45) is 0 Å². The largest absolute Gasteiger partial charge is 0.478 e. The molecule has 0 radical (unpaired) electrons. The van der Waals surface area contributed by atoms with Crippen molar-refractivity contribution in [3.05, 3.63) is 58.4 Å². The lowest BCUT2D eigenvalue weighted by atomic mass is 10.1. The molecule has 8 heteroatoms. The van der Waals surface area contributed by atoms with Crippen LogP contribution in [0.15, 0.2) is 35.9 Å². The van der Waals surface area contributed by atoms with Gasteiger partial charge in [0.2, 0.25) is 0 Å².